The van der Waals surface area contributed by atoms with Gasteiger partial charge in [0.2, 0.25) is 0 Å². The van der Waals surface area contributed by atoms with Crippen LogP contribution in [-0.2, 0) is 9.59 Å². The second-order valence-electron chi connectivity index (χ2n) is 20.2. The molecule has 2 N–H and O–H groups in total. The number of nitrogens with zero attached hydrogens (tertiary/aromatic N) is 1. The Bertz CT molecular complexity index is 1070. The largest absolute Gasteiger partial charge is 0.481 e. The van der Waals surface area contributed by atoms with E-state index in [1.54, 1.807) is 0 Å². The summed E-state index contributed by atoms with van der Waals surface area (Å²) in [5, 5.41) is 21.7. The van der Waals surface area contributed by atoms with E-state index in [9.17, 15) is 19.8 Å². The normalized spacial score (nSPS) is 32.4. The first-order chi connectivity index (χ1) is 26.0. The molecule has 0 heterocycles. The Kier molecular flexibility index (Phi) is 19.2. The second kappa shape index (κ2) is 22.7. The minimum atomic E-state index is -1.20. The van der Waals surface area contributed by atoms with Crippen LogP contribution in [0.5, 0.6) is 0 Å². The molecule has 1 amide bonds. The molecule has 0 aromatic heterocycles. The number of aliphatic hydroxyl groups is 1. The molecule has 314 valence electrons. The maximum absolute atomic E-state index is 14.5. The zero-order valence-electron chi connectivity index (χ0n) is 36.5. The third-order valence-electron chi connectivity index (χ3n) is 16.5. The maximum atomic E-state index is 14.5. The Hall–Kier alpha value is -1.10. The van der Waals surface area contributed by atoms with Gasteiger partial charge in [-0.2, -0.15) is 0 Å². The molecule has 0 bridgehead atoms. The molecule has 9 atom stereocenters. The lowest BCUT2D eigenvalue weighted by Crippen LogP contribution is -2.59. The van der Waals surface area contributed by atoms with Gasteiger partial charge < -0.3 is 15.1 Å². The van der Waals surface area contributed by atoms with E-state index in [-0.39, 0.29) is 11.3 Å². The van der Waals surface area contributed by atoms with Crippen LogP contribution in [0.25, 0.3) is 0 Å². The zero-order valence-corrected chi connectivity index (χ0v) is 36.5. The fourth-order valence-corrected chi connectivity index (χ4v) is 13.2. The number of hydrogen-bond acceptors (Lipinski definition) is 3. The van der Waals surface area contributed by atoms with Crippen molar-refractivity contribution in [2.75, 3.05) is 13.1 Å². The third-order valence-corrected chi connectivity index (χ3v) is 16.5. The third kappa shape index (κ3) is 12.2. The standard InChI is InChI=1S/C49H89NO4/c1-6-8-10-12-14-16-18-20-22-24-36-50(37-25-23-21-19-17-15-13-11-9-7-2)46(53)49(54)35-34-47(4)40(38-49)27-28-41-43-30-29-42(39(3)26-31-45(51)52)48(43,5)33-32-44(41)47/h39-44,54H,6-38H2,1-5H3,(H,51,52)/t39-,40?,41+,42-,43+,44+,47+,48-,49-/m1/s1. The summed E-state index contributed by atoms with van der Waals surface area (Å²) in [6.07, 6.45) is 36.8. The summed E-state index contributed by atoms with van der Waals surface area (Å²) >= 11 is 0. The average Bonchev–Trinajstić information content (AvgIpc) is 3.51. The molecule has 0 aliphatic heterocycles. The van der Waals surface area contributed by atoms with Crippen molar-refractivity contribution in [1.82, 2.24) is 4.90 Å². The van der Waals surface area contributed by atoms with Gasteiger partial charge in [-0.1, -0.05) is 150 Å². The first-order valence-corrected chi connectivity index (χ1v) is 24.2. The number of carbonyl (C=O) groups is 2. The summed E-state index contributed by atoms with van der Waals surface area (Å²) in [6, 6.07) is 0. The lowest BCUT2D eigenvalue weighted by molar-refractivity contribution is -0.177. The lowest BCUT2D eigenvalue weighted by atomic mass is 9.43. The van der Waals surface area contributed by atoms with E-state index in [1.807, 2.05) is 0 Å². The summed E-state index contributed by atoms with van der Waals surface area (Å²) in [6.45, 7) is 13.6. The van der Waals surface area contributed by atoms with Crippen molar-refractivity contribution in [1.29, 1.82) is 0 Å². The summed E-state index contributed by atoms with van der Waals surface area (Å²) in [5.74, 6) is 3.11. The summed E-state index contributed by atoms with van der Waals surface area (Å²) in [5.41, 5.74) is -0.658. The summed E-state index contributed by atoms with van der Waals surface area (Å²) < 4.78 is 0. The smallest absolute Gasteiger partial charge is 0.303 e. The van der Waals surface area contributed by atoms with Crippen molar-refractivity contribution in [2.24, 2.45) is 46.3 Å². The van der Waals surface area contributed by atoms with Gasteiger partial charge >= 0.3 is 5.97 Å². The summed E-state index contributed by atoms with van der Waals surface area (Å²) in [7, 11) is 0. The van der Waals surface area contributed by atoms with E-state index >= 15 is 0 Å². The molecule has 4 aliphatic carbocycles. The number of carboxylic acid groups (broad SMARTS) is 1. The molecule has 54 heavy (non-hydrogen) atoms. The van der Waals surface area contributed by atoms with E-state index in [2.05, 4.69) is 39.5 Å². The van der Waals surface area contributed by atoms with E-state index in [1.165, 1.54) is 148 Å². The van der Waals surface area contributed by atoms with Crippen molar-refractivity contribution in [3.8, 4) is 0 Å². The van der Waals surface area contributed by atoms with E-state index < -0.39 is 11.6 Å². The number of rotatable bonds is 27. The van der Waals surface area contributed by atoms with Crippen molar-refractivity contribution < 1.29 is 19.8 Å². The Morgan fingerprint density at radius 3 is 1.65 bits per heavy atom. The van der Waals surface area contributed by atoms with Gasteiger partial charge in [-0.05, 0) is 123 Å². The van der Waals surface area contributed by atoms with Gasteiger partial charge in [-0.3, -0.25) is 9.59 Å². The van der Waals surface area contributed by atoms with Gasteiger partial charge in [-0.15, -0.1) is 0 Å². The molecule has 0 aromatic rings. The fourth-order valence-electron chi connectivity index (χ4n) is 13.2. The molecular weight excluding hydrogens is 667 g/mol. The monoisotopic (exact) mass is 756 g/mol. The molecule has 5 nitrogen and oxygen atoms in total. The number of amides is 1. The van der Waals surface area contributed by atoms with Crippen molar-refractivity contribution in [2.45, 2.75) is 239 Å². The first kappa shape index (κ1) is 45.6. The van der Waals surface area contributed by atoms with Crippen LogP contribution in [-0.4, -0.2) is 45.7 Å². The number of hydrogen-bond donors (Lipinski definition) is 2. The quantitative estimate of drug-likeness (QED) is 0.0818. The van der Waals surface area contributed by atoms with Crippen LogP contribution in [0.15, 0.2) is 0 Å². The van der Waals surface area contributed by atoms with Crippen LogP contribution < -0.4 is 0 Å². The van der Waals surface area contributed by atoms with Crippen LogP contribution in [0.4, 0.5) is 0 Å². The highest BCUT2D eigenvalue weighted by atomic mass is 16.4. The predicted molar refractivity (Wildman–Crippen MR) is 226 cm³/mol. The van der Waals surface area contributed by atoms with E-state index in [0.717, 1.165) is 57.0 Å². The van der Waals surface area contributed by atoms with Gasteiger partial charge in [0.15, 0.2) is 0 Å². The zero-order chi connectivity index (χ0) is 39.0. The van der Waals surface area contributed by atoms with Crippen LogP contribution in [0, 0.1) is 46.3 Å². The number of carbonyl (C=O) groups excluding carboxylic acids is 1. The molecule has 0 saturated heterocycles. The molecular formula is C49H89NO4. The van der Waals surface area contributed by atoms with Crippen LogP contribution >= 0.6 is 0 Å². The molecule has 0 aromatic carbocycles. The Morgan fingerprint density at radius 1 is 0.630 bits per heavy atom. The Balaban J connectivity index is 1.31. The predicted octanol–water partition coefficient (Wildman–Crippen LogP) is 13.5. The molecule has 1 unspecified atom stereocenters. The van der Waals surface area contributed by atoms with E-state index in [4.69, 9.17) is 0 Å². The second-order valence-corrected chi connectivity index (χ2v) is 20.2. The molecule has 4 fully saturated rings. The van der Waals surface area contributed by atoms with Gasteiger partial charge in [0, 0.05) is 19.5 Å². The highest BCUT2D eigenvalue weighted by molar-refractivity contribution is 5.85. The molecule has 4 aliphatic rings. The van der Waals surface area contributed by atoms with Gasteiger partial charge in [0.1, 0.15) is 5.60 Å². The number of aliphatic carboxylic acids is 1. The first-order valence-electron chi connectivity index (χ1n) is 24.2. The topological polar surface area (TPSA) is 77.8 Å². The molecule has 5 heteroatoms. The van der Waals surface area contributed by atoms with E-state index in [0.29, 0.717) is 48.3 Å². The maximum Gasteiger partial charge on any atom is 0.303 e. The Labute approximate surface area is 334 Å². The van der Waals surface area contributed by atoms with Crippen molar-refractivity contribution >= 4 is 11.9 Å². The molecule has 0 spiro atoms. The number of unbranched alkanes of at least 4 members (excludes halogenated alkanes) is 18. The Morgan fingerprint density at radius 2 is 1.13 bits per heavy atom. The minimum absolute atomic E-state index is 0.0590. The highest BCUT2D eigenvalue weighted by Crippen LogP contribution is 2.69. The molecule has 0 radical (unpaired) electrons. The lowest BCUT2D eigenvalue weighted by Gasteiger charge is -2.62. The van der Waals surface area contributed by atoms with Crippen LogP contribution in [0.3, 0.4) is 0 Å². The fraction of sp³-hybridized carbons (Fsp3) is 0.959. The van der Waals surface area contributed by atoms with Gasteiger partial charge in [0.25, 0.3) is 5.91 Å². The average molecular weight is 756 g/mol. The van der Waals surface area contributed by atoms with Crippen molar-refractivity contribution in [3.63, 3.8) is 0 Å². The van der Waals surface area contributed by atoms with Gasteiger partial charge in [-0.25, -0.2) is 0 Å². The summed E-state index contributed by atoms with van der Waals surface area (Å²) in [4.78, 5) is 28.0. The highest BCUT2D eigenvalue weighted by Gasteiger charge is 2.62. The van der Waals surface area contributed by atoms with Crippen LogP contribution in [0.2, 0.25) is 0 Å². The minimum Gasteiger partial charge on any atom is -0.481 e. The molecule has 4 saturated carbocycles. The van der Waals surface area contributed by atoms with Gasteiger partial charge in [0.05, 0.1) is 0 Å². The van der Waals surface area contributed by atoms with Crippen molar-refractivity contribution in [3.05, 3.63) is 0 Å². The number of carboxylic acids is 1. The molecule has 4 rings (SSSR count). The SMILES string of the molecule is CCCCCCCCCCCCN(CCCCCCCCCCCC)C(=O)[C@@]1(O)CC[C@@]2(C)C(CC[C@H]3[C@@H]4CC[C@H]([C@H](C)CCC(=O)O)[C@@]4(C)CC[C@@H]32)C1. The number of fused-ring (bicyclic) bond motifs is 5. The van der Waals surface area contributed by atoms with Crippen LogP contribution in [0.1, 0.15) is 234 Å².